The fraction of sp³-hybridized carbons (Fsp3) is 0.250. The summed E-state index contributed by atoms with van der Waals surface area (Å²) in [6, 6.07) is 4.35. The molecule has 1 aliphatic rings. The number of methoxy groups -OCH3 is 2. The van der Waals surface area contributed by atoms with E-state index in [1.54, 1.807) is 6.07 Å². The Kier molecular flexibility index (Phi) is 4.27. The SMILES string of the molecule is COc1cc([C@@H]2C(C#N)=C(N)Oc3n[nH]c(C(F)(F)F)c32)cc(OC)c1O. The van der Waals surface area contributed by atoms with Crippen LogP contribution in [0.15, 0.2) is 23.6 Å². The van der Waals surface area contributed by atoms with Crippen molar-refractivity contribution in [3.8, 4) is 29.2 Å². The van der Waals surface area contributed by atoms with E-state index in [4.69, 9.17) is 19.9 Å². The largest absolute Gasteiger partial charge is 0.502 e. The molecule has 1 aromatic heterocycles. The first-order valence-corrected chi connectivity index (χ1v) is 7.40. The summed E-state index contributed by atoms with van der Waals surface area (Å²) in [6.07, 6.45) is -4.78. The number of aromatic amines is 1. The van der Waals surface area contributed by atoms with Crippen LogP contribution in [0.3, 0.4) is 0 Å². The monoisotopic (exact) mass is 382 g/mol. The minimum atomic E-state index is -4.78. The zero-order valence-corrected chi connectivity index (χ0v) is 14.0. The number of halogens is 3. The first kappa shape index (κ1) is 18.2. The molecule has 11 heteroatoms. The number of nitriles is 1. The van der Waals surface area contributed by atoms with Gasteiger partial charge in [-0.1, -0.05) is 0 Å². The smallest absolute Gasteiger partial charge is 0.433 e. The third-order valence-corrected chi connectivity index (χ3v) is 4.06. The molecule has 142 valence electrons. The number of alkyl halides is 3. The number of hydrogen-bond donors (Lipinski definition) is 3. The van der Waals surface area contributed by atoms with Gasteiger partial charge in [-0.15, -0.1) is 5.10 Å². The third kappa shape index (κ3) is 2.84. The van der Waals surface area contributed by atoms with Crippen LogP contribution in [0.5, 0.6) is 23.1 Å². The Morgan fingerprint density at radius 1 is 1.30 bits per heavy atom. The zero-order chi connectivity index (χ0) is 19.9. The van der Waals surface area contributed by atoms with Crippen molar-refractivity contribution in [2.75, 3.05) is 14.2 Å². The van der Waals surface area contributed by atoms with Crippen LogP contribution >= 0.6 is 0 Å². The van der Waals surface area contributed by atoms with E-state index >= 15 is 0 Å². The number of phenols is 1. The molecule has 27 heavy (non-hydrogen) atoms. The summed E-state index contributed by atoms with van der Waals surface area (Å²) in [6.45, 7) is 0. The summed E-state index contributed by atoms with van der Waals surface area (Å²) in [5.74, 6) is -2.47. The molecule has 1 atom stereocenters. The maximum Gasteiger partial charge on any atom is 0.433 e. The number of aromatic hydroxyl groups is 1. The number of allylic oxidation sites excluding steroid dienone is 1. The van der Waals surface area contributed by atoms with E-state index in [1.165, 1.54) is 26.4 Å². The number of aromatic nitrogens is 2. The number of benzene rings is 1. The van der Waals surface area contributed by atoms with Crippen LogP contribution in [0.25, 0.3) is 0 Å². The second-order valence-corrected chi connectivity index (χ2v) is 5.51. The zero-order valence-electron chi connectivity index (χ0n) is 14.0. The molecule has 1 aromatic carbocycles. The van der Waals surface area contributed by atoms with Crippen molar-refractivity contribution in [2.45, 2.75) is 12.1 Å². The van der Waals surface area contributed by atoms with Gasteiger partial charge in [0.15, 0.2) is 11.5 Å². The average Bonchev–Trinajstić information content (AvgIpc) is 3.04. The number of H-pyrrole nitrogens is 1. The minimum absolute atomic E-state index is 0.0506. The summed E-state index contributed by atoms with van der Waals surface area (Å²) in [5, 5.41) is 24.9. The van der Waals surface area contributed by atoms with Crippen LogP contribution in [0.2, 0.25) is 0 Å². The Labute approximate surface area is 150 Å². The average molecular weight is 382 g/mol. The van der Waals surface area contributed by atoms with E-state index in [1.807, 2.05) is 5.10 Å². The molecule has 0 bridgehead atoms. The molecule has 0 saturated heterocycles. The predicted octanol–water partition coefficient (Wildman–Crippen LogP) is 2.37. The highest BCUT2D eigenvalue weighted by Crippen LogP contribution is 2.49. The highest BCUT2D eigenvalue weighted by molar-refractivity contribution is 5.61. The quantitative estimate of drug-likeness (QED) is 0.744. The van der Waals surface area contributed by atoms with E-state index in [-0.39, 0.29) is 34.3 Å². The Hall–Kier alpha value is -3.55. The molecule has 0 radical (unpaired) electrons. The van der Waals surface area contributed by atoms with Crippen molar-refractivity contribution >= 4 is 0 Å². The van der Waals surface area contributed by atoms with Gasteiger partial charge in [-0.25, -0.2) is 0 Å². The second-order valence-electron chi connectivity index (χ2n) is 5.51. The molecule has 0 fully saturated rings. The van der Waals surface area contributed by atoms with Crippen molar-refractivity contribution in [3.63, 3.8) is 0 Å². The molecule has 1 aliphatic heterocycles. The highest BCUT2D eigenvalue weighted by atomic mass is 19.4. The van der Waals surface area contributed by atoms with Crippen molar-refractivity contribution < 1.29 is 32.5 Å². The fourth-order valence-electron chi connectivity index (χ4n) is 2.87. The normalized spacial score (nSPS) is 16.4. The van der Waals surface area contributed by atoms with E-state index < -0.39 is 29.2 Å². The molecule has 0 aliphatic carbocycles. The van der Waals surface area contributed by atoms with Gasteiger partial charge < -0.3 is 25.1 Å². The van der Waals surface area contributed by atoms with Crippen LogP contribution in [-0.4, -0.2) is 29.5 Å². The molecule has 4 N–H and O–H groups in total. The maximum absolute atomic E-state index is 13.4. The van der Waals surface area contributed by atoms with Crippen molar-refractivity contribution in [2.24, 2.45) is 5.73 Å². The fourth-order valence-corrected chi connectivity index (χ4v) is 2.87. The molecule has 2 aromatic rings. The summed E-state index contributed by atoms with van der Waals surface area (Å²) >= 11 is 0. The lowest BCUT2D eigenvalue weighted by Gasteiger charge is -2.25. The van der Waals surface area contributed by atoms with Crippen LogP contribution in [-0.2, 0) is 6.18 Å². The summed E-state index contributed by atoms with van der Waals surface area (Å²) < 4.78 is 55.5. The summed E-state index contributed by atoms with van der Waals surface area (Å²) in [5.41, 5.74) is 4.06. The van der Waals surface area contributed by atoms with Gasteiger partial charge in [-0.3, -0.25) is 5.10 Å². The van der Waals surface area contributed by atoms with Gasteiger partial charge in [-0.2, -0.15) is 18.4 Å². The first-order valence-electron chi connectivity index (χ1n) is 7.40. The Bertz CT molecular complexity index is 950. The van der Waals surface area contributed by atoms with Crippen LogP contribution in [0, 0.1) is 11.3 Å². The minimum Gasteiger partial charge on any atom is -0.502 e. The van der Waals surface area contributed by atoms with Gasteiger partial charge in [0.1, 0.15) is 17.3 Å². The summed E-state index contributed by atoms with van der Waals surface area (Å²) in [7, 11) is 2.53. The molecule has 0 amide bonds. The van der Waals surface area contributed by atoms with Crippen molar-refractivity contribution in [3.05, 3.63) is 40.4 Å². The van der Waals surface area contributed by atoms with Crippen molar-refractivity contribution in [1.29, 1.82) is 5.26 Å². The number of fused-ring (bicyclic) bond motifs is 1. The number of phenolic OH excluding ortho intramolecular Hbond substituents is 1. The second kappa shape index (κ2) is 6.31. The molecule has 3 rings (SSSR count). The van der Waals surface area contributed by atoms with Crippen LogP contribution in [0.1, 0.15) is 22.7 Å². The topological polar surface area (TPSA) is 126 Å². The molecule has 8 nitrogen and oxygen atoms in total. The number of nitrogens with one attached hydrogen (secondary N) is 1. The Balaban J connectivity index is 2.32. The molecule has 0 spiro atoms. The highest BCUT2D eigenvalue weighted by Gasteiger charge is 2.44. The number of rotatable bonds is 3. The van der Waals surface area contributed by atoms with Gasteiger partial charge in [0.25, 0.3) is 0 Å². The summed E-state index contributed by atoms with van der Waals surface area (Å²) in [4.78, 5) is 0. The van der Waals surface area contributed by atoms with Gasteiger partial charge in [0.2, 0.25) is 17.5 Å². The lowest BCUT2D eigenvalue weighted by atomic mass is 9.83. The molecular formula is C16H13F3N4O4. The number of nitrogens with two attached hydrogens (primary N) is 1. The lowest BCUT2D eigenvalue weighted by molar-refractivity contribution is -0.141. The standard InChI is InChI=1S/C16H13F3N4O4/c1-25-8-3-6(4-9(26-2)12(8)24)10-7(5-20)14(21)27-15-11(10)13(22-23-15)16(17,18)19/h3-4,10,24H,21H2,1-2H3,(H,22,23)/t10-/m1/s1. The molecular weight excluding hydrogens is 369 g/mol. The number of hydrogen-bond acceptors (Lipinski definition) is 7. The van der Waals surface area contributed by atoms with Gasteiger partial charge >= 0.3 is 6.18 Å². The molecule has 2 heterocycles. The van der Waals surface area contributed by atoms with Crippen LogP contribution in [0.4, 0.5) is 13.2 Å². The molecule has 0 saturated carbocycles. The Morgan fingerprint density at radius 2 is 1.89 bits per heavy atom. The van der Waals surface area contributed by atoms with Crippen molar-refractivity contribution in [1.82, 2.24) is 10.2 Å². The van der Waals surface area contributed by atoms with Gasteiger partial charge in [0, 0.05) is 0 Å². The van der Waals surface area contributed by atoms with E-state index in [0.717, 1.165) is 0 Å². The number of ether oxygens (including phenoxy) is 3. The van der Waals surface area contributed by atoms with Crippen LogP contribution < -0.4 is 19.9 Å². The number of nitrogens with zero attached hydrogens (tertiary/aromatic N) is 2. The van der Waals surface area contributed by atoms with E-state index in [0.29, 0.717) is 0 Å². The Morgan fingerprint density at radius 3 is 2.37 bits per heavy atom. The molecule has 0 unspecified atom stereocenters. The van der Waals surface area contributed by atoms with Gasteiger partial charge in [0.05, 0.1) is 25.7 Å². The van der Waals surface area contributed by atoms with E-state index in [2.05, 4.69) is 5.10 Å². The van der Waals surface area contributed by atoms with E-state index in [9.17, 15) is 23.5 Å². The third-order valence-electron chi connectivity index (χ3n) is 4.06. The maximum atomic E-state index is 13.4. The predicted molar refractivity (Wildman–Crippen MR) is 84.1 cm³/mol. The van der Waals surface area contributed by atoms with Gasteiger partial charge in [-0.05, 0) is 17.7 Å². The lowest BCUT2D eigenvalue weighted by Crippen LogP contribution is -2.23. The first-order chi connectivity index (χ1) is 12.7.